The number of amides is 1. The molecule has 1 fully saturated rings. The zero-order chi connectivity index (χ0) is 21.5. The molecule has 0 saturated heterocycles. The Hall–Kier alpha value is -3.69. The van der Waals surface area contributed by atoms with Gasteiger partial charge in [-0.15, -0.1) is 0 Å². The number of rotatable bonds is 5. The Kier molecular flexibility index (Phi) is 4.62. The van der Waals surface area contributed by atoms with Crippen LogP contribution in [-0.4, -0.2) is 11.9 Å². The molecule has 1 saturated carbocycles. The van der Waals surface area contributed by atoms with E-state index in [-0.39, 0.29) is 11.9 Å². The molecule has 32 heavy (non-hydrogen) atoms. The predicted molar refractivity (Wildman–Crippen MR) is 129 cm³/mol. The molecule has 2 aliphatic carbocycles. The molecule has 0 radical (unpaired) electrons. The lowest BCUT2D eigenvalue weighted by molar-refractivity contribution is 0.102. The van der Waals surface area contributed by atoms with Gasteiger partial charge in [0.25, 0.3) is 5.91 Å². The van der Waals surface area contributed by atoms with Crippen LogP contribution in [0.3, 0.4) is 0 Å². The predicted octanol–water partition coefficient (Wildman–Crippen LogP) is 6.15. The summed E-state index contributed by atoms with van der Waals surface area (Å²) in [7, 11) is 0. The first kappa shape index (κ1) is 19.0. The van der Waals surface area contributed by atoms with Gasteiger partial charge < -0.3 is 10.6 Å². The summed E-state index contributed by atoms with van der Waals surface area (Å²) >= 11 is 0. The summed E-state index contributed by atoms with van der Waals surface area (Å²) in [5.41, 5.74) is 8.25. The molecule has 156 valence electrons. The van der Waals surface area contributed by atoms with E-state index in [1.807, 2.05) is 42.5 Å². The van der Waals surface area contributed by atoms with Crippen molar-refractivity contribution in [2.75, 3.05) is 5.32 Å². The van der Waals surface area contributed by atoms with Gasteiger partial charge in [0.2, 0.25) is 0 Å². The van der Waals surface area contributed by atoms with Crippen molar-refractivity contribution in [2.45, 2.75) is 24.4 Å². The van der Waals surface area contributed by atoms with E-state index in [1.165, 1.54) is 27.8 Å². The number of hydrogen-bond donors (Lipinski definition) is 2. The molecule has 2 N–H and O–H groups in total. The Balaban J connectivity index is 1.14. The highest BCUT2D eigenvalue weighted by Gasteiger charge is 2.41. The van der Waals surface area contributed by atoms with Gasteiger partial charge in [-0.25, -0.2) is 0 Å². The molecule has 4 aromatic rings. The van der Waals surface area contributed by atoms with Crippen LogP contribution >= 0.6 is 0 Å². The smallest absolute Gasteiger partial charge is 0.255 e. The van der Waals surface area contributed by atoms with E-state index in [0.29, 0.717) is 17.5 Å². The Morgan fingerprint density at radius 2 is 1.28 bits per heavy atom. The molecule has 0 aromatic heterocycles. The van der Waals surface area contributed by atoms with Gasteiger partial charge in [-0.3, -0.25) is 4.79 Å². The van der Waals surface area contributed by atoms with Crippen LogP contribution in [0, 0.1) is 0 Å². The van der Waals surface area contributed by atoms with E-state index in [1.54, 1.807) is 0 Å². The van der Waals surface area contributed by atoms with E-state index in [4.69, 9.17) is 0 Å². The maximum absolute atomic E-state index is 12.4. The third kappa shape index (κ3) is 3.41. The van der Waals surface area contributed by atoms with Gasteiger partial charge in [-0.1, -0.05) is 78.9 Å². The van der Waals surface area contributed by atoms with Crippen LogP contribution in [0.2, 0.25) is 0 Å². The summed E-state index contributed by atoms with van der Waals surface area (Å²) in [6, 6.07) is 35.8. The zero-order valence-corrected chi connectivity index (χ0v) is 17.7. The van der Waals surface area contributed by atoms with E-state index >= 15 is 0 Å². The molecule has 0 unspecified atom stereocenters. The lowest BCUT2D eigenvalue weighted by atomic mass is 10.0. The molecule has 0 spiro atoms. The number of anilines is 1. The SMILES string of the molecule is O=C(Nc1ccc([C@@H]2C[C@H]2NC2c3ccccc3-c3ccccc32)cc1)c1ccccc1. The number of carbonyl (C=O) groups excluding carboxylic acids is 1. The first-order chi connectivity index (χ1) is 15.8. The number of nitrogens with one attached hydrogen (secondary N) is 2. The third-order valence-corrected chi connectivity index (χ3v) is 6.64. The maximum atomic E-state index is 12.4. The highest BCUT2D eigenvalue weighted by molar-refractivity contribution is 6.04. The van der Waals surface area contributed by atoms with Gasteiger partial charge >= 0.3 is 0 Å². The topological polar surface area (TPSA) is 41.1 Å². The van der Waals surface area contributed by atoms with Crippen LogP contribution in [-0.2, 0) is 0 Å². The van der Waals surface area contributed by atoms with Crippen LogP contribution in [0.5, 0.6) is 0 Å². The Labute approximate surface area is 188 Å². The van der Waals surface area contributed by atoms with Crippen molar-refractivity contribution in [3.8, 4) is 11.1 Å². The van der Waals surface area contributed by atoms with Gasteiger partial charge in [-0.2, -0.15) is 0 Å². The maximum Gasteiger partial charge on any atom is 0.255 e. The largest absolute Gasteiger partial charge is 0.322 e. The molecular formula is C29H24N2O. The number of benzene rings is 4. The minimum Gasteiger partial charge on any atom is -0.322 e. The average Bonchev–Trinajstić information content (AvgIpc) is 3.56. The second-order valence-corrected chi connectivity index (χ2v) is 8.67. The summed E-state index contributed by atoms with van der Waals surface area (Å²) in [6.07, 6.45) is 1.14. The highest BCUT2D eigenvalue weighted by atomic mass is 16.1. The molecular weight excluding hydrogens is 392 g/mol. The van der Waals surface area contributed by atoms with Crippen LogP contribution in [0.1, 0.15) is 45.4 Å². The van der Waals surface area contributed by atoms with Gasteiger partial charge in [0.05, 0.1) is 6.04 Å². The van der Waals surface area contributed by atoms with E-state index in [0.717, 1.165) is 12.1 Å². The molecule has 3 nitrogen and oxygen atoms in total. The first-order valence-electron chi connectivity index (χ1n) is 11.2. The van der Waals surface area contributed by atoms with Crippen molar-refractivity contribution < 1.29 is 4.79 Å². The molecule has 4 aromatic carbocycles. The fourth-order valence-electron chi connectivity index (χ4n) is 4.90. The van der Waals surface area contributed by atoms with Gasteiger partial charge in [0, 0.05) is 23.2 Å². The highest BCUT2D eigenvalue weighted by Crippen LogP contribution is 2.48. The molecule has 3 heteroatoms. The van der Waals surface area contributed by atoms with Crippen LogP contribution in [0.25, 0.3) is 11.1 Å². The summed E-state index contributed by atoms with van der Waals surface area (Å²) in [5, 5.41) is 6.89. The Morgan fingerprint density at radius 1 is 0.688 bits per heavy atom. The van der Waals surface area contributed by atoms with Crippen LogP contribution in [0.4, 0.5) is 5.69 Å². The zero-order valence-electron chi connectivity index (χ0n) is 17.7. The van der Waals surface area contributed by atoms with Crippen molar-refractivity contribution in [3.05, 3.63) is 125 Å². The van der Waals surface area contributed by atoms with Gasteiger partial charge in [0.15, 0.2) is 0 Å². The van der Waals surface area contributed by atoms with Crippen molar-refractivity contribution in [1.29, 1.82) is 0 Å². The van der Waals surface area contributed by atoms with Crippen molar-refractivity contribution in [3.63, 3.8) is 0 Å². The number of carbonyl (C=O) groups is 1. The molecule has 1 amide bonds. The Morgan fingerprint density at radius 3 is 1.94 bits per heavy atom. The summed E-state index contributed by atoms with van der Waals surface area (Å²) in [5.74, 6) is 0.427. The average molecular weight is 417 g/mol. The Bertz CT molecular complexity index is 1230. The van der Waals surface area contributed by atoms with Gasteiger partial charge in [-0.05, 0) is 58.5 Å². The normalized spacial score (nSPS) is 18.6. The summed E-state index contributed by atoms with van der Waals surface area (Å²) in [4.78, 5) is 12.4. The molecule has 2 aliphatic rings. The quantitative estimate of drug-likeness (QED) is 0.409. The molecule has 0 heterocycles. The molecule has 2 atom stereocenters. The first-order valence-corrected chi connectivity index (χ1v) is 11.2. The molecule has 0 bridgehead atoms. The standard InChI is InChI=1S/C29H24N2O/c32-29(20-8-2-1-3-9-20)30-21-16-14-19(15-17-21)26-18-27(26)31-28-24-12-6-4-10-22(24)23-11-5-7-13-25(23)28/h1-17,26-28,31H,18H2,(H,30,32)/t26-,27+/m0/s1. The third-order valence-electron chi connectivity index (χ3n) is 6.64. The van der Waals surface area contributed by atoms with Crippen LogP contribution < -0.4 is 10.6 Å². The number of fused-ring (bicyclic) bond motifs is 3. The van der Waals surface area contributed by atoms with Crippen molar-refractivity contribution in [2.24, 2.45) is 0 Å². The summed E-state index contributed by atoms with van der Waals surface area (Å²) < 4.78 is 0. The fourth-order valence-corrected chi connectivity index (χ4v) is 4.90. The van der Waals surface area contributed by atoms with Crippen molar-refractivity contribution in [1.82, 2.24) is 5.32 Å². The minimum absolute atomic E-state index is 0.0807. The van der Waals surface area contributed by atoms with Crippen molar-refractivity contribution >= 4 is 11.6 Å². The lowest BCUT2D eigenvalue weighted by Crippen LogP contribution is -2.23. The molecule has 6 rings (SSSR count). The lowest BCUT2D eigenvalue weighted by Gasteiger charge is -2.16. The van der Waals surface area contributed by atoms with Crippen LogP contribution in [0.15, 0.2) is 103 Å². The second kappa shape index (κ2) is 7.77. The number of hydrogen-bond acceptors (Lipinski definition) is 2. The van der Waals surface area contributed by atoms with E-state index in [2.05, 4.69) is 71.3 Å². The second-order valence-electron chi connectivity index (χ2n) is 8.67. The van der Waals surface area contributed by atoms with Gasteiger partial charge in [0.1, 0.15) is 0 Å². The summed E-state index contributed by atoms with van der Waals surface area (Å²) in [6.45, 7) is 0. The molecule has 0 aliphatic heterocycles. The minimum atomic E-state index is -0.0807. The van der Waals surface area contributed by atoms with E-state index in [9.17, 15) is 4.79 Å². The fraction of sp³-hybridized carbons (Fsp3) is 0.138. The monoisotopic (exact) mass is 416 g/mol. The van der Waals surface area contributed by atoms with E-state index < -0.39 is 0 Å².